The van der Waals surface area contributed by atoms with Crippen molar-refractivity contribution in [2.24, 2.45) is 0 Å². The second-order valence-electron chi connectivity index (χ2n) is 17.2. The van der Waals surface area contributed by atoms with Gasteiger partial charge >= 0.3 is 0 Å². The summed E-state index contributed by atoms with van der Waals surface area (Å²) in [4.78, 5) is 13.0. The molecule has 0 aromatic carbocycles. The third-order valence-corrected chi connectivity index (χ3v) is 12.1. The summed E-state index contributed by atoms with van der Waals surface area (Å²) in [6.45, 7) is 1.54. The molecule has 0 aromatic heterocycles. The van der Waals surface area contributed by atoms with Gasteiger partial charge < -0.3 is 89.9 Å². The van der Waals surface area contributed by atoms with Crippen molar-refractivity contribution in [3.63, 3.8) is 0 Å². The molecule has 19 nitrogen and oxygen atoms in total. The van der Waals surface area contributed by atoms with E-state index in [0.717, 1.165) is 51.4 Å². The van der Waals surface area contributed by atoms with E-state index in [1.54, 1.807) is 0 Å². The quantitative estimate of drug-likeness (QED) is 0.0320. The molecule has 3 aliphatic rings. The second kappa shape index (κ2) is 30.7. The SMILES string of the molecule is CCCCCCCC/C=C\CCCCCCCC(=O)NC(COC1OC(CO)C(OC2OC(CO)C(OC3OC(CO)C(O)C(O)C3O)C(O)C2O)C(O)C1O)C(O)CCCCC. The highest BCUT2D eigenvalue weighted by Gasteiger charge is 2.53. The first-order chi connectivity index (χ1) is 30.3. The fourth-order valence-electron chi connectivity index (χ4n) is 8.07. The molecule has 0 aliphatic carbocycles. The number of carbonyl (C=O) groups is 1. The number of hydrogen-bond donors (Lipinski definition) is 12. The number of nitrogens with one attached hydrogen (secondary N) is 1. The predicted octanol–water partition coefficient (Wildman–Crippen LogP) is -0.0852. The zero-order valence-corrected chi connectivity index (χ0v) is 37.3. The van der Waals surface area contributed by atoms with Gasteiger partial charge in [-0.15, -0.1) is 0 Å². The van der Waals surface area contributed by atoms with E-state index < -0.39 is 124 Å². The lowest BCUT2D eigenvalue weighted by molar-refractivity contribution is -0.379. The Morgan fingerprint density at radius 1 is 0.556 bits per heavy atom. The minimum atomic E-state index is -1.97. The van der Waals surface area contributed by atoms with E-state index in [1.807, 2.05) is 6.92 Å². The molecule has 0 saturated carbocycles. The largest absolute Gasteiger partial charge is 0.394 e. The number of hydrogen-bond acceptors (Lipinski definition) is 18. The standard InChI is InChI=1S/C44H81NO18/c1-3-5-7-8-9-10-11-12-13-14-15-16-17-18-20-22-32(50)45-27(28(49)21-19-6-4-2)26-58-42-38(56)35(53)40(30(24-47)60-42)63-44-39(57)36(54)41(31(25-48)61-44)62-43-37(55)34(52)33(51)29(23-46)59-43/h12-13,27-31,33-44,46-49,51-57H,3-11,14-26H2,1-2H3,(H,45,50)/b13-12-. The summed E-state index contributed by atoms with van der Waals surface area (Å²) in [5.41, 5.74) is 0. The molecule has 0 radical (unpaired) electrons. The molecule has 17 atom stereocenters. The maximum atomic E-state index is 13.0. The van der Waals surface area contributed by atoms with Crippen LogP contribution in [0.1, 0.15) is 129 Å². The minimum Gasteiger partial charge on any atom is -0.394 e. The van der Waals surface area contributed by atoms with Gasteiger partial charge in [-0.3, -0.25) is 4.79 Å². The van der Waals surface area contributed by atoms with Crippen molar-refractivity contribution >= 4 is 5.91 Å². The Morgan fingerprint density at radius 3 is 1.54 bits per heavy atom. The first-order valence-electron chi connectivity index (χ1n) is 23.4. The van der Waals surface area contributed by atoms with Crippen LogP contribution in [0.15, 0.2) is 12.2 Å². The van der Waals surface area contributed by atoms with Crippen LogP contribution in [0.2, 0.25) is 0 Å². The average Bonchev–Trinajstić information content (AvgIpc) is 3.28. The summed E-state index contributed by atoms with van der Waals surface area (Å²) < 4.78 is 33.9. The Kier molecular flexibility index (Phi) is 27.3. The van der Waals surface area contributed by atoms with E-state index in [1.165, 1.54) is 38.5 Å². The molecule has 3 heterocycles. The van der Waals surface area contributed by atoms with Gasteiger partial charge in [-0.1, -0.05) is 96.6 Å². The first kappa shape index (κ1) is 55.9. The van der Waals surface area contributed by atoms with Gasteiger partial charge in [0.15, 0.2) is 18.9 Å². The van der Waals surface area contributed by atoms with Crippen molar-refractivity contribution in [3.8, 4) is 0 Å². The van der Waals surface area contributed by atoms with Crippen LogP contribution in [0.25, 0.3) is 0 Å². The topological polar surface area (TPSA) is 307 Å². The van der Waals surface area contributed by atoms with Crippen LogP contribution in [-0.4, -0.2) is 193 Å². The van der Waals surface area contributed by atoms with Gasteiger partial charge in [-0.25, -0.2) is 0 Å². The molecule has 3 rings (SSSR count). The lowest BCUT2D eigenvalue weighted by Crippen LogP contribution is -2.66. The van der Waals surface area contributed by atoms with Gasteiger partial charge in [0.05, 0.1) is 38.6 Å². The molecule has 12 N–H and O–H groups in total. The Morgan fingerprint density at radius 2 is 1.00 bits per heavy atom. The zero-order valence-electron chi connectivity index (χ0n) is 37.3. The van der Waals surface area contributed by atoms with E-state index >= 15 is 0 Å². The minimum absolute atomic E-state index is 0.255. The average molecular weight is 912 g/mol. The fourth-order valence-corrected chi connectivity index (χ4v) is 8.07. The van der Waals surface area contributed by atoms with Crippen molar-refractivity contribution in [2.45, 2.75) is 234 Å². The molecule has 3 saturated heterocycles. The first-order valence-corrected chi connectivity index (χ1v) is 23.4. The summed E-state index contributed by atoms with van der Waals surface area (Å²) >= 11 is 0. The molecular formula is C44H81NO18. The maximum absolute atomic E-state index is 13.0. The van der Waals surface area contributed by atoms with Crippen molar-refractivity contribution in [1.82, 2.24) is 5.32 Å². The van der Waals surface area contributed by atoms with Crippen LogP contribution >= 0.6 is 0 Å². The smallest absolute Gasteiger partial charge is 0.220 e. The summed E-state index contributed by atoms with van der Waals surface area (Å²) in [7, 11) is 0. The highest BCUT2D eigenvalue weighted by Crippen LogP contribution is 2.33. The molecule has 1 amide bonds. The summed E-state index contributed by atoms with van der Waals surface area (Å²) in [5, 5.41) is 119. The van der Waals surface area contributed by atoms with Crippen molar-refractivity contribution < 1.29 is 89.4 Å². The molecule has 0 bridgehead atoms. The van der Waals surface area contributed by atoms with Crippen LogP contribution in [0, 0.1) is 0 Å². The van der Waals surface area contributed by atoms with Gasteiger partial charge in [-0.2, -0.15) is 0 Å². The summed E-state index contributed by atoms with van der Waals surface area (Å²) in [6, 6.07) is -0.882. The van der Waals surface area contributed by atoms with Crippen LogP contribution in [-0.2, 0) is 33.2 Å². The normalized spacial score (nSPS) is 34.9. The lowest BCUT2D eigenvalue weighted by atomic mass is 9.96. The number of carbonyl (C=O) groups excluding carboxylic acids is 1. The zero-order chi connectivity index (χ0) is 46.3. The lowest BCUT2D eigenvalue weighted by Gasteiger charge is -2.48. The molecule has 0 aromatic rings. The number of unbranched alkanes of at least 4 members (excludes halogenated alkanes) is 13. The van der Waals surface area contributed by atoms with Crippen molar-refractivity contribution in [1.29, 1.82) is 0 Å². The fraction of sp³-hybridized carbons (Fsp3) is 0.932. The third kappa shape index (κ3) is 17.9. The second-order valence-corrected chi connectivity index (χ2v) is 17.2. The van der Waals surface area contributed by atoms with E-state index in [-0.39, 0.29) is 18.9 Å². The Bertz CT molecular complexity index is 1230. The summed E-state index contributed by atoms with van der Waals surface area (Å²) in [5.74, 6) is -0.266. The van der Waals surface area contributed by atoms with Gasteiger partial charge in [0.25, 0.3) is 0 Å². The van der Waals surface area contributed by atoms with Crippen LogP contribution in [0.4, 0.5) is 0 Å². The Labute approximate surface area is 372 Å². The van der Waals surface area contributed by atoms with Crippen LogP contribution < -0.4 is 5.32 Å². The molecular weight excluding hydrogens is 830 g/mol. The Balaban J connectivity index is 1.50. The summed E-state index contributed by atoms with van der Waals surface area (Å²) in [6.07, 6.45) is -4.08. The van der Waals surface area contributed by atoms with E-state index in [0.29, 0.717) is 19.3 Å². The number of allylic oxidation sites excluding steroid dienone is 2. The number of amides is 1. The number of rotatable bonds is 31. The maximum Gasteiger partial charge on any atom is 0.220 e. The number of aliphatic hydroxyl groups is 11. The molecule has 19 heteroatoms. The van der Waals surface area contributed by atoms with Crippen molar-refractivity contribution in [3.05, 3.63) is 12.2 Å². The molecule has 3 aliphatic heterocycles. The number of ether oxygens (including phenoxy) is 6. The molecule has 370 valence electrons. The van der Waals surface area contributed by atoms with Gasteiger partial charge in [0, 0.05) is 6.42 Å². The van der Waals surface area contributed by atoms with Gasteiger partial charge in [-0.05, 0) is 38.5 Å². The highest BCUT2D eigenvalue weighted by molar-refractivity contribution is 5.76. The van der Waals surface area contributed by atoms with Gasteiger partial charge in [0.1, 0.15) is 73.2 Å². The van der Waals surface area contributed by atoms with Crippen LogP contribution in [0.5, 0.6) is 0 Å². The molecule has 17 unspecified atom stereocenters. The predicted molar refractivity (Wildman–Crippen MR) is 227 cm³/mol. The van der Waals surface area contributed by atoms with Crippen LogP contribution in [0.3, 0.4) is 0 Å². The Hall–Kier alpha value is -1.47. The molecule has 0 spiro atoms. The van der Waals surface area contributed by atoms with E-state index in [2.05, 4.69) is 24.4 Å². The molecule has 63 heavy (non-hydrogen) atoms. The van der Waals surface area contributed by atoms with E-state index in [9.17, 15) is 61.0 Å². The van der Waals surface area contributed by atoms with Crippen molar-refractivity contribution in [2.75, 3.05) is 26.4 Å². The monoisotopic (exact) mass is 912 g/mol. The molecule has 3 fully saturated rings. The van der Waals surface area contributed by atoms with E-state index in [4.69, 9.17) is 28.4 Å². The highest BCUT2D eigenvalue weighted by atomic mass is 16.8. The van der Waals surface area contributed by atoms with Gasteiger partial charge in [0.2, 0.25) is 5.91 Å². The number of aliphatic hydroxyl groups excluding tert-OH is 11. The third-order valence-electron chi connectivity index (χ3n) is 12.1.